The van der Waals surface area contributed by atoms with Gasteiger partial charge in [-0.05, 0) is 53.2 Å². The Kier molecular flexibility index (Phi) is 2.82. The number of aromatic nitrogens is 2. The minimum Gasteiger partial charge on any atom is -0.306 e. The summed E-state index contributed by atoms with van der Waals surface area (Å²) in [6.07, 6.45) is 2.54. The van der Waals surface area contributed by atoms with E-state index in [0.717, 1.165) is 5.56 Å². The lowest BCUT2D eigenvalue weighted by Gasteiger charge is -2.05. The van der Waals surface area contributed by atoms with Gasteiger partial charge in [0, 0.05) is 5.56 Å². The molecule has 3 rings (SSSR count). The van der Waals surface area contributed by atoms with Crippen LogP contribution in [0.5, 0.6) is 0 Å². The summed E-state index contributed by atoms with van der Waals surface area (Å²) >= 11 is 3.23. The van der Waals surface area contributed by atoms with Gasteiger partial charge in [-0.2, -0.15) is 0 Å². The first kappa shape index (κ1) is 11.7. The van der Waals surface area contributed by atoms with E-state index in [1.807, 2.05) is 19.1 Å². The quantitative estimate of drug-likeness (QED) is 0.924. The number of H-pyrrole nitrogens is 1. The first-order chi connectivity index (χ1) is 8.65. The smallest absolute Gasteiger partial charge is 0.265 e. The van der Waals surface area contributed by atoms with Crippen molar-refractivity contribution in [3.63, 3.8) is 0 Å². The van der Waals surface area contributed by atoms with Crippen LogP contribution in [0.1, 0.15) is 30.0 Å². The van der Waals surface area contributed by atoms with Gasteiger partial charge in [0.1, 0.15) is 10.3 Å². The average molecular weight is 305 g/mol. The summed E-state index contributed by atoms with van der Waals surface area (Å²) in [6, 6.07) is 8.28. The summed E-state index contributed by atoms with van der Waals surface area (Å²) in [5.41, 5.74) is 2.91. The van der Waals surface area contributed by atoms with Crippen LogP contribution in [0.3, 0.4) is 0 Å². The van der Waals surface area contributed by atoms with Crippen LogP contribution >= 0.6 is 15.9 Å². The zero-order valence-corrected chi connectivity index (χ0v) is 11.6. The second-order valence-electron chi connectivity index (χ2n) is 4.71. The van der Waals surface area contributed by atoms with Gasteiger partial charge in [-0.1, -0.05) is 18.2 Å². The second kappa shape index (κ2) is 4.35. The molecule has 1 aromatic heterocycles. The Morgan fingerprint density at radius 3 is 2.83 bits per heavy atom. The van der Waals surface area contributed by atoms with Crippen LogP contribution in [0.25, 0.3) is 11.4 Å². The molecule has 1 heterocycles. The molecule has 1 N–H and O–H groups in total. The lowest BCUT2D eigenvalue weighted by atomic mass is 10.1. The van der Waals surface area contributed by atoms with Crippen LogP contribution in [0.2, 0.25) is 0 Å². The normalized spacial score (nSPS) is 14.8. The Hall–Kier alpha value is -1.42. The minimum atomic E-state index is -0.130. The van der Waals surface area contributed by atoms with E-state index in [-0.39, 0.29) is 5.56 Å². The zero-order chi connectivity index (χ0) is 12.7. The lowest BCUT2D eigenvalue weighted by Crippen LogP contribution is -2.11. The Labute approximate surface area is 113 Å². The molecule has 1 saturated carbocycles. The molecule has 1 aliphatic carbocycles. The van der Waals surface area contributed by atoms with Crippen molar-refractivity contribution < 1.29 is 0 Å². The highest BCUT2D eigenvalue weighted by atomic mass is 79.9. The number of halogens is 1. The van der Waals surface area contributed by atoms with Crippen LogP contribution < -0.4 is 5.56 Å². The molecule has 3 nitrogen and oxygen atoms in total. The fourth-order valence-electron chi connectivity index (χ4n) is 2.06. The number of aromatic amines is 1. The largest absolute Gasteiger partial charge is 0.306 e. The fraction of sp³-hybridized carbons (Fsp3) is 0.286. The molecule has 0 atom stereocenters. The van der Waals surface area contributed by atoms with Gasteiger partial charge in [0.2, 0.25) is 0 Å². The van der Waals surface area contributed by atoms with Crippen LogP contribution in [0, 0.1) is 6.92 Å². The van der Waals surface area contributed by atoms with Crippen LogP contribution in [-0.2, 0) is 0 Å². The van der Waals surface area contributed by atoms with Crippen molar-refractivity contribution in [1.82, 2.24) is 9.97 Å². The average Bonchev–Trinajstić information content (AvgIpc) is 3.20. The van der Waals surface area contributed by atoms with E-state index >= 15 is 0 Å². The molecule has 18 heavy (non-hydrogen) atoms. The maximum absolute atomic E-state index is 11.7. The Bertz CT molecular complexity index is 659. The summed E-state index contributed by atoms with van der Waals surface area (Å²) in [4.78, 5) is 19.0. The highest BCUT2D eigenvalue weighted by Gasteiger charge is 2.23. The predicted octanol–water partition coefficient (Wildman–Crippen LogP) is 3.39. The standard InChI is InChI=1S/C14H13BrN2O/c1-8-12(15)14(18)17-13(16-8)11-4-2-3-10(7-11)9-5-6-9/h2-4,7,9H,5-6H2,1H3,(H,16,17,18). The van der Waals surface area contributed by atoms with Gasteiger partial charge >= 0.3 is 0 Å². The second-order valence-corrected chi connectivity index (χ2v) is 5.51. The van der Waals surface area contributed by atoms with Crippen molar-refractivity contribution in [3.05, 3.63) is 50.3 Å². The summed E-state index contributed by atoms with van der Waals surface area (Å²) in [5.74, 6) is 1.34. The van der Waals surface area contributed by atoms with Gasteiger partial charge in [0.25, 0.3) is 5.56 Å². The molecule has 0 bridgehead atoms. The Balaban J connectivity index is 2.09. The van der Waals surface area contributed by atoms with E-state index in [4.69, 9.17) is 0 Å². The molecule has 1 aliphatic rings. The first-order valence-electron chi connectivity index (χ1n) is 6.02. The Morgan fingerprint density at radius 2 is 2.17 bits per heavy atom. The molecule has 4 heteroatoms. The van der Waals surface area contributed by atoms with Gasteiger partial charge in [-0.15, -0.1) is 0 Å². The van der Waals surface area contributed by atoms with Gasteiger partial charge in [-0.3, -0.25) is 4.79 Å². The highest BCUT2D eigenvalue weighted by Crippen LogP contribution is 2.40. The number of benzene rings is 1. The number of nitrogens with zero attached hydrogens (tertiary/aromatic N) is 1. The fourth-order valence-corrected chi connectivity index (χ4v) is 2.25. The van der Waals surface area contributed by atoms with Crippen molar-refractivity contribution in [2.45, 2.75) is 25.7 Å². The molecule has 0 amide bonds. The highest BCUT2D eigenvalue weighted by molar-refractivity contribution is 9.10. The summed E-state index contributed by atoms with van der Waals surface area (Å²) in [7, 11) is 0. The predicted molar refractivity (Wildman–Crippen MR) is 74.7 cm³/mol. The zero-order valence-electron chi connectivity index (χ0n) is 10.0. The summed E-state index contributed by atoms with van der Waals surface area (Å²) in [5, 5.41) is 0. The molecule has 1 fully saturated rings. The topological polar surface area (TPSA) is 45.8 Å². The molecule has 0 unspecified atom stereocenters. The van der Waals surface area contributed by atoms with E-state index in [0.29, 0.717) is 21.9 Å². The maximum Gasteiger partial charge on any atom is 0.265 e. The van der Waals surface area contributed by atoms with Crippen LogP contribution in [-0.4, -0.2) is 9.97 Å². The number of hydrogen-bond acceptors (Lipinski definition) is 2. The van der Waals surface area contributed by atoms with Crippen molar-refractivity contribution in [3.8, 4) is 11.4 Å². The first-order valence-corrected chi connectivity index (χ1v) is 6.81. The van der Waals surface area contributed by atoms with Gasteiger partial charge < -0.3 is 4.98 Å². The lowest BCUT2D eigenvalue weighted by molar-refractivity contribution is 1.05. The number of hydrogen-bond donors (Lipinski definition) is 1. The molecule has 0 radical (unpaired) electrons. The number of nitrogens with one attached hydrogen (secondary N) is 1. The molecule has 92 valence electrons. The van der Waals surface area contributed by atoms with Crippen LogP contribution in [0.15, 0.2) is 33.5 Å². The molecule has 1 aromatic carbocycles. The van der Waals surface area contributed by atoms with Crippen molar-refractivity contribution in [2.24, 2.45) is 0 Å². The Morgan fingerprint density at radius 1 is 1.39 bits per heavy atom. The molecular weight excluding hydrogens is 292 g/mol. The summed E-state index contributed by atoms with van der Waals surface area (Å²) in [6.45, 7) is 1.83. The van der Waals surface area contributed by atoms with Crippen molar-refractivity contribution >= 4 is 15.9 Å². The van der Waals surface area contributed by atoms with E-state index < -0.39 is 0 Å². The van der Waals surface area contributed by atoms with E-state index in [1.165, 1.54) is 18.4 Å². The third kappa shape index (κ3) is 2.12. The monoisotopic (exact) mass is 304 g/mol. The van der Waals surface area contributed by atoms with Gasteiger partial charge in [-0.25, -0.2) is 4.98 Å². The van der Waals surface area contributed by atoms with E-state index in [2.05, 4.69) is 38.0 Å². The van der Waals surface area contributed by atoms with E-state index in [1.54, 1.807) is 0 Å². The minimum absolute atomic E-state index is 0.130. The molecular formula is C14H13BrN2O. The summed E-state index contributed by atoms with van der Waals surface area (Å²) < 4.78 is 0.504. The molecule has 0 saturated heterocycles. The van der Waals surface area contributed by atoms with Gasteiger partial charge in [0.15, 0.2) is 0 Å². The van der Waals surface area contributed by atoms with Crippen molar-refractivity contribution in [1.29, 1.82) is 0 Å². The van der Waals surface area contributed by atoms with Crippen molar-refractivity contribution in [2.75, 3.05) is 0 Å². The number of rotatable bonds is 2. The third-order valence-electron chi connectivity index (χ3n) is 3.24. The van der Waals surface area contributed by atoms with E-state index in [9.17, 15) is 4.79 Å². The number of aryl methyl sites for hydroxylation is 1. The van der Waals surface area contributed by atoms with Crippen LogP contribution in [0.4, 0.5) is 0 Å². The molecule has 0 spiro atoms. The molecule has 0 aliphatic heterocycles. The maximum atomic E-state index is 11.7. The molecule has 2 aromatic rings. The SMILES string of the molecule is Cc1nc(-c2cccc(C3CC3)c2)[nH]c(=O)c1Br. The third-order valence-corrected chi connectivity index (χ3v) is 4.17. The van der Waals surface area contributed by atoms with Gasteiger partial charge in [0.05, 0.1) is 5.69 Å².